The molecule has 2 N–H and O–H groups in total. The van der Waals surface area contributed by atoms with Crippen molar-refractivity contribution in [3.8, 4) is 5.75 Å². The Hall–Kier alpha value is -2.77. The minimum Gasteiger partial charge on any atom is -0.497 e. The number of nitrogens with zero attached hydrogens (tertiary/aromatic N) is 3. The molecule has 1 aromatic heterocycles. The van der Waals surface area contributed by atoms with Crippen molar-refractivity contribution in [2.75, 3.05) is 20.7 Å². The van der Waals surface area contributed by atoms with Gasteiger partial charge in [0.2, 0.25) is 0 Å². The molecule has 0 spiro atoms. The van der Waals surface area contributed by atoms with Crippen LogP contribution in [0.25, 0.3) is 11.0 Å². The molecule has 2 aromatic rings. The highest BCUT2D eigenvalue weighted by Gasteiger charge is 2.13. The number of nitrogens with one attached hydrogen (secondary N) is 1. The highest BCUT2D eigenvalue weighted by atomic mass is 16.5. The average molecular weight is 320 g/mol. The maximum absolute atomic E-state index is 11.9. The molecule has 2 rings (SSSR count). The van der Waals surface area contributed by atoms with E-state index in [1.165, 1.54) is 4.90 Å². The van der Waals surface area contributed by atoms with E-state index in [0.717, 1.165) is 16.8 Å². The van der Waals surface area contributed by atoms with Crippen LogP contribution >= 0.6 is 0 Å². The minimum atomic E-state index is -0.936. The third kappa shape index (κ3) is 3.91. The predicted molar refractivity (Wildman–Crippen MR) is 84.4 cm³/mol. The van der Waals surface area contributed by atoms with Crippen LogP contribution in [0, 0.1) is 0 Å². The quantitative estimate of drug-likeness (QED) is 0.833. The van der Waals surface area contributed by atoms with E-state index < -0.39 is 5.97 Å². The summed E-state index contributed by atoms with van der Waals surface area (Å²) in [7, 11) is 5.02. The Morgan fingerprint density at radius 2 is 2.17 bits per heavy atom. The van der Waals surface area contributed by atoms with Gasteiger partial charge in [-0.25, -0.2) is 9.78 Å². The van der Waals surface area contributed by atoms with Gasteiger partial charge in [0.1, 0.15) is 11.6 Å². The number of urea groups is 1. The van der Waals surface area contributed by atoms with Gasteiger partial charge in [0.15, 0.2) is 0 Å². The second kappa shape index (κ2) is 6.99. The van der Waals surface area contributed by atoms with E-state index in [1.807, 2.05) is 29.8 Å². The first-order valence-electron chi connectivity index (χ1n) is 7.12. The number of carboxylic acid groups (broad SMARTS) is 1. The average Bonchev–Trinajstić information content (AvgIpc) is 2.85. The molecular formula is C15H20N4O4. The number of aryl methyl sites for hydroxylation is 1. The lowest BCUT2D eigenvalue weighted by atomic mass is 10.3. The first-order chi connectivity index (χ1) is 10.9. The summed E-state index contributed by atoms with van der Waals surface area (Å²) in [4.78, 5) is 28.3. The van der Waals surface area contributed by atoms with Gasteiger partial charge in [0.05, 0.1) is 31.1 Å². The summed E-state index contributed by atoms with van der Waals surface area (Å²) in [5.41, 5.74) is 1.73. The van der Waals surface area contributed by atoms with E-state index in [1.54, 1.807) is 14.2 Å². The minimum absolute atomic E-state index is 0.0873. The number of fused-ring (bicyclic) bond motifs is 1. The molecule has 0 aliphatic carbocycles. The molecule has 0 aliphatic heterocycles. The molecule has 0 fully saturated rings. The molecular weight excluding hydrogens is 300 g/mol. The number of methoxy groups -OCH3 is 1. The Kier molecular flexibility index (Phi) is 5.05. The van der Waals surface area contributed by atoms with Gasteiger partial charge in [-0.15, -0.1) is 0 Å². The second-order valence-corrected chi connectivity index (χ2v) is 5.17. The standard InChI is InChI=1S/C15H20N4O4/c1-18(7-6-14(20)21)15(22)16-9-13-17-11-8-10(23-3)4-5-12(11)19(13)2/h4-5,8H,6-7,9H2,1-3H3,(H,16,22)(H,20,21). The lowest BCUT2D eigenvalue weighted by molar-refractivity contribution is -0.137. The Morgan fingerprint density at radius 1 is 1.43 bits per heavy atom. The molecule has 23 heavy (non-hydrogen) atoms. The summed E-state index contributed by atoms with van der Waals surface area (Å²) in [5.74, 6) is 0.488. The molecule has 1 aromatic carbocycles. The molecule has 0 unspecified atom stereocenters. The van der Waals surface area contributed by atoms with E-state index in [0.29, 0.717) is 5.82 Å². The Morgan fingerprint density at radius 3 is 2.83 bits per heavy atom. The lowest BCUT2D eigenvalue weighted by Gasteiger charge is -2.16. The molecule has 1 heterocycles. The fourth-order valence-corrected chi connectivity index (χ4v) is 2.17. The van der Waals surface area contributed by atoms with Crippen molar-refractivity contribution in [3.05, 3.63) is 24.0 Å². The number of hydrogen-bond acceptors (Lipinski definition) is 4. The number of imidazole rings is 1. The van der Waals surface area contributed by atoms with Gasteiger partial charge >= 0.3 is 12.0 Å². The molecule has 0 saturated heterocycles. The number of ether oxygens (including phenoxy) is 1. The molecule has 0 radical (unpaired) electrons. The third-order valence-corrected chi connectivity index (χ3v) is 3.59. The molecule has 8 heteroatoms. The van der Waals surface area contributed by atoms with Crippen LogP contribution in [0.2, 0.25) is 0 Å². The molecule has 2 amide bonds. The number of carbonyl (C=O) groups is 2. The zero-order valence-corrected chi connectivity index (χ0v) is 13.4. The van der Waals surface area contributed by atoms with E-state index >= 15 is 0 Å². The number of carbonyl (C=O) groups excluding carboxylic acids is 1. The summed E-state index contributed by atoms with van der Waals surface area (Å²) in [6, 6.07) is 5.26. The van der Waals surface area contributed by atoms with Crippen molar-refractivity contribution in [3.63, 3.8) is 0 Å². The van der Waals surface area contributed by atoms with Crippen molar-refractivity contribution in [2.45, 2.75) is 13.0 Å². The predicted octanol–water partition coefficient (Wildman–Crippen LogP) is 1.20. The number of amides is 2. The number of rotatable bonds is 6. The van der Waals surface area contributed by atoms with Crippen molar-refractivity contribution < 1.29 is 19.4 Å². The zero-order valence-electron chi connectivity index (χ0n) is 13.4. The Bertz CT molecular complexity index is 726. The topological polar surface area (TPSA) is 96.7 Å². The van der Waals surface area contributed by atoms with Crippen LogP contribution in [0.1, 0.15) is 12.2 Å². The summed E-state index contributed by atoms with van der Waals surface area (Å²) in [6.45, 7) is 0.407. The van der Waals surface area contributed by atoms with Crippen LogP contribution in [-0.4, -0.2) is 52.3 Å². The Balaban J connectivity index is 2.03. The summed E-state index contributed by atoms with van der Waals surface area (Å²) < 4.78 is 7.07. The van der Waals surface area contributed by atoms with Gasteiger partial charge in [-0.1, -0.05) is 0 Å². The Labute approximate surface area is 133 Å². The fourth-order valence-electron chi connectivity index (χ4n) is 2.17. The zero-order chi connectivity index (χ0) is 17.0. The van der Waals surface area contributed by atoms with E-state index in [2.05, 4.69) is 10.3 Å². The van der Waals surface area contributed by atoms with Crippen LogP contribution in [0.3, 0.4) is 0 Å². The summed E-state index contributed by atoms with van der Waals surface area (Å²) in [6.07, 6.45) is -0.0873. The van der Waals surface area contributed by atoms with Gasteiger partial charge in [-0.05, 0) is 12.1 Å². The van der Waals surface area contributed by atoms with Gasteiger partial charge in [-0.2, -0.15) is 0 Å². The maximum atomic E-state index is 11.9. The van der Waals surface area contributed by atoms with Crippen molar-refractivity contribution >= 4 is 23.0 Å². The normalized spacial score (nSPS) is 10.6. The SMILES string of the molecule is COc1ccc2c(c1)nc(CNC(=O)N(C)CCC(=O)O)n2C. The first kappa shape index (κ1) is 16.6. The first-order valence-corrected chi connectivity index (χ1v) is 7.12. The van der Waals surface area contributed by atoms with E-state index in [-0.39, 0.29) is 25.5 Å². The number of benzene rings is 1. The molecule has 0 atom stereocenters. The maximum Gasteiger partial charge on any atom is 0.317 e. The van der Waals surface area contributed by atoms with Crippen molar-refractivity contribution in [1.82, 2.24) is 19.8 Å². The monoisotopic (exact) mass is 320 g/mol. The largest absolute Gasteiger partial charge is 0.497 e. The molecule has 0 saturated carbocycles. The summed E-state index contributed by atoms with van der Waals surface area (Å²) in [5, 5.41) is 11.4. The molecule has 124 valence electrons. The van der Waals surface area contributed by atoms with Gasteiger partial charge in [0, 0.05) is 26.7 Å². The van der Waals surface area contributed by atoms with Crippen LogP contribution < -0.4 is 10.1 Å². The number of aromatic nitrogens is 2. The van der Waals surface area contributed by atoms with Gasteiger partial charge < -0.3 is 24.6 Å². The van der Waals surface area contributed by atoms with Gasteiger partial charge in [-0.3, -0.25) is 4.79 Å². The van der Waals surface area contributed by atoms with E-state index in [4.69, 9.17) is 9.84 Å². The smallest absolute Gasteiger partial charge is 0.317 e. The summed E-state index contributed by atoms with van der Waals surface area (Å²) >= 11 is 0. The third-order valence-electron chi connectivity index (χ3n) is 3.59. The number of carboxylic acids is 1. The van der Waals surface area contributed by atoms with Crippen LogP contribution in [0.4, 0.5) is 4.79 Å². The van der Waals surface area contributed by atoms with Crippen molar-refractivity contribution in [1.29, 1.82) is 0 Å². The molecule has 0 aliphatic rings. The van der Waals surface area contributed by atoms with Crippen LogP contribution in [0.15, 0.2) is 18.2 Å². The second-order valence-electron chi connectivity index (χ2n) is 5.17. The highest BCUT2D eigenvalue weighted by Crippen LogP contribution is 2.20. The molecule has 8 nitrogen and oxygen atoms in total. The highest BCUT2D eigenvalue weighted by molar-refractivity contribution is 5.78. The van der Waals surface area contributed by atoms with E-state index in [9.17, 15) is 9.59 Å². The number of aliphatic carboxylic acids is 1. The van der Waals surface area contributed by atoms with Gasteiger partial charge in [0.25, 0.3) is 0 Å². The molecule has 0 bridgehead atoms. The van der Waals surface area contributed by atoms with Crippen LogP contribution in [0.5, 0.6) is 5.75 Å². The lowest BCUT2D eigenvalue weighted by Crippen LogP contribution is -2.38. The van der Waals surface area contributed by atoms with Crippen molar-refractivity contribution in [2.24, 2.45) is 7.05 Å². The van der Waals surface area contributed by atoms with Crippen LogP contribution in [-0.2, 0) is 18.4 Å². The fraction of sp³-hybridized carbons (Fsp3) is 0.400. The number of hydrogen-bond donors (Lipinski definition) is 2.